The van der Waals surface area contributed by atoms with Crippen LogP contribution in [0.2, 0.25) is 0 Å². The lowest BCUT2D eigenvalue weighted by atomic mass is 10.1. The van der Waals surface area contributed by atoms with Crippen molar-refractivity contribution in [3.8, 4) is 0 Å². The molecule has 1 rings (SSSR count). The van der Waals surface area contributed by atoms with Crippen molar-refractivity contribution < 1.29 is 17.9 Å². The lowest BCUT2D eigenvalue weighted by Gasteiger charge is -2.28. The Balaban J connectivity index is 2.56. The monoisotopic (exact) mass is 284 g/mol. The van der Waals surface area contributed by atoms with Crippen molar-refractivity contribution in [2.24, 2.45) is 11.7 Å². The Hall–Kier alpha value is -0.400. The summed E-state index contributed by atoms with van der Waals surface area (Å²) in [6.07, 6.45) is -2.47. The predicted octanol–water partition coefficient (Wildman–Crippen LogP) is 1.95. The Bertz CT molecular complexity index is 280. The molecule has 2 unspecified atom stereocenters. The van der Waals surface area contributed by atoms with Crippen LogP contribution in [0, 0.1) is 5.92 Å². The third-order valence-electron chi connectivity index (χ3n) is 3.11. The summed E-state index contributed by atoms with van der Waals surface area (Å²) in [6, 6.07) is 0. The van der Waals surface area contributed by atoms with Crippen molar-refractivity contribution in [2.45, 2.75) is 32.0 Å². The molecule has 0 aromatic rings. The largest absolute Gasteiger partial charge is 0.399 e. The van der Waals surface area contributed by atoms with Gasteiger partial charge in [-0.15, -0.1) is 0 Å². The average molecular weight is 284 g/mol. The Morgan fingerprint density at radius 3 is 2.61 bits per heavy atom. The van der Waals surface area contributed by atoms with Gasteiger partial charge >= 0.3 is 6.18 Å². The van der Waals surface area contributed by atoms with Gasteiger partial charge in [-0.2, -0.15) is 13.2 Å². The molecule has 0 aromatic carbocycles. The molecule has 7 heteroatoms. The Morgan fingerprint density at radius 2 is 2.22 bits per heavy atom. The standard InChI is InChI=1S/C11H19F3N2OS/c1-2-16(6-8-4-3-5-17-8)7-9(10(15)18)11(12,13)14/h8-9H,2-7H2,1H3,(H2,15,18). The van der Waals surface area contributed by atoms with Gasteiger partial charge in [0.1, 0.15) is 5.92 Å². The Kier molecular flexibility index (Phi) is 5.81. The summed E-state index contributed by atoms with van der Waals surface area (Å²) >= 11 is 4.51. The van der Waals surface area contributed by atoms with Crippen LogP contribution in [-0.2, 0) is 4.74 Å². The molecule has 1 heterocycles. The van der Waals surface area contributed by atoms with E-state index in [2.05, 4.69) is 12.2 Å². The molecule has 0 bridgehead atoms. The summed E-state index contributed by atoms with van der Waals surface area (Å²) < 4.78 is 43.7. The topological polar surface area (TPSA) is 38.5 Å². The van der Waals surface area contributed by atoms with Gasteiger partial charge in [-0.05, 0) is 19.4 Å². The fraction of sp³-hybridized carbons (Fsp3) is 0.909. The fourth-order valence-corrected chi connectivity index (χ4v) is 2.23. The molecule has 0 aliphatic carbocycles. The molecule has 0 radical (unpaired) electrons. The van der Waals surface area contributed by atoms with Gasteiger partial charge in [0, 0.05) is 19.7 Å². The lowest BCUT2D eigenvalue weighted by molar-refractivity contribution is -0.159. The minimum atomic E-state index is -4.38. The highest BCUT2D eigenvalue weighted by Crippen LogP contribution is 2.27. The summed E-state index contributed by atoms with van der Waals surface area (Å²) in [7, 11) is 0. The first-order valence-corrected chi connectivity index (χ1v) is 6.45. The second kappa shape index (κ2) is 6.68. The van der Waals surface area contributed by atoms with Gasteiger partial charge in [0.2, 0.25) is 0 Å². The summed E-state index contributed by atoms with van der Waals surface area (Å²) in [5, 5.41) is 0. The number of rotatable bonds is 6. The molecule has 1 aliphatic rings. The Labute approximate surface area is 110 Å². The van der Waals surface area contributed by atoms with E-state index < -0.39 is 17.1 Å². The second-order valence-corrected chi connectivity index (χ2v) is 4.96. The van der Waals surface area contributed by atoms with E-state index in [1.165, 1.54) is 0 Å². The molecule has 2 N–H and O–H groups in total. The number of nitrogens with two attached hydrogens (primary N) is 1. The van der Waals surface area contributed by atoms with E-state index in [0.29, 0.717) is 19.7 Å². The van der Waals surface area contributed by atoms with Crippen LogP contribution in [0.1, 0.15) is 19.8 Å². The molecule has 0 aromatic heterocycles. The highest BCUT2D eigenvalue weighted by atomic mass is 32.1. The van der Waals surface area contributed by atoms with Crippen molar-refractivity contribution in [3.05, 3.63) is 0 Å². The second-order valence-electron chi connectivity index (χ2n) is 4.48. The van der Waals surface area contributed by atoms with Gasteiger partial charge < -0.3 is 10.5 Å². The normalized spacial score (nSPS) is 22.4. The molecular weight excluding hydrogens is 265 g/mol. The van der Waals surface area contributed by atoms with E-state index in [9.17, 15) is 13.2 Å². The minimum absolute atomic E-state index is 0.0326. The molecule has 0 saturated carbocycles. The van der Waals surface area contributed by atoms with Crippen LogP contribution in [0.15, 0.2) is 0 Å². The molecule has 3 nitrogen and oxygen atoms in total. The van der Waals surface area contributed by atoms with E-state index in [-0.39, 0.29) is 12.6 Å². The number of alkyl halides is 3. The molecule has 0 amide bonds. The van der Waals surface area contributed by atoms with E-state index in [1.807, 2.05) is 6.92 Å². The molecule has 1 fully saturated rings. The molecule has 1 aliphatic heterocycles. The van der Waals surface area contributed by atoms with Crippen LogP contribution < -0.4 is 5.73 Å². The number of nitrogens with zero attached hydrogens (tertiary/aromatic N) is 1. The van der Waals surface area contributed by atoms with Crippen molar-refractivity contribution in [1.82, 2.24) is 4.90 Å². The summed E-state index contributed by atoms with van der Waals surface area (Å²) in [5.41, 5.74) is 5.19. The number of hydrogen-bond donors (Lipinski definition) is 1. The maximum Gasteiger partial charge on any atom is 0.399 e. The number of hydrogen-bond acceptors (Lipinski definition) is 3. The van der Waals surface area contributed by atoms with Crippen molar-refractivity contribution in [1.29, 1.82) is 0 Å². The lowest BCUT2D eigenvalue weighted by Crippen LogP contribution is -2.45. The predicted molar refractivity (Wildman–Crippen MR) is 67.4 cm³/mol. The molecule has 106 valence electrons. The van der Waals surface area contributed by atoms with Gasteiger partial charge in [0.25, 0.3) is 0 Å². The molecule has 18 heavy (non-hydrogen) atoms. The van der Waals surface area contributed by atoms with Crippen LogP contribution in [0.3, 0.4) is 0 Å². The number of likely N-dealkylation sites (N-methyl/N-ethyl adjacent to an activating group) is 1. The number of thiocarbonyl (C=S) groups is 1. The van der Waals surface area contributed by atoms with Gasteiger partial charge in [0.05, 0.1) is 11.1 Å². The van der Waals surface area contributed by atoms with Gasteiger partial charge in [-0.3, -0.25) is 4.90 Å². The van der Waals surface area contributed by atoms with Crippen molar-refractivity contribution in [3.63, 3.8) is 0 Å². The maximum atomic E-state index is 12.8. The number of halogens is 3. The molecule has 1 saturated heterocycles. The van der Waals surface area contributed by atoms with Crippen LogP contribution in [0.5, 0.6) is 0 Å². The average Bonchev–Trinajstić information content (AvgIpc) is 2.74. The van der Waals surface area contributed by atoms with Crippen LogP contribution in [0.25, 0.3) is 0 Å². The van der Waals surface area contributed by atoms with Crippen LogP contribution in [-0.4, -0.2) is 48.4 Å². The molecule has 2 atom stereocenters. The third-order valence-corrected chi connectivity index (χ3v) is 3.40. The van der Waals surface area contributed by atoms with E-state index in [0.717, 1.165) is 12.8 Å². The smallest absolute Gasteiger partial charge is 0.393 e. The van der Waals surface area contributed by atoms with E-state index in [4.69, 9.17) is 10.5 Å². The quantitative estimate of drug-likeness (QED) is 0.757. The zero-order valence-electron chi connectivity index (χ0n) is 10.4. The molecular formula is C11H19F3N2OS. The SMILES string of the molecule is CCN(CC1CCCO1)CC(C(N)=S)C(F)(F)F. The maximum absolute atomic E-state index is 12.8. The minimum Gasteiger partial charge on any atom is -0.393 e. The van der Waals surface area contributed by atoms with E-state index in [1.54, 1.807) is 4.90 Å². The van der Waals surface area contributed by atoms with E-state index >= 15 is 0 Å². The zero-order chi connectivity index (χ0) is 13.8. The number of ether oxygens (including phenoxy) is 1. The van der Waals surface area contributed by atoms with Gasteiger partial charge in [-0.1, -0.05) is 19.1 Å². The summed E-state index contributed by atoms with van der Waals surface area (Å²) in [5.74, 6) is -1.74. The highest BCUT2D eigenvalue weighted by molar-refractivity contribution is 7.80. The molecule has 0 spiro atoms. The third kappa shape index (κ3) is 4.70. The van der Waals surface area contributed by atoms with Crippen molar-refractivity contribution in [2.75, 3.05) is 26.2 Å². The van der Waals surface area contributed by atoms with Crippen LogP contribution in [0.4, 0.5) is 13.2 Å². The Morgan fingerprint density at radius 1 is 1.56 bits per heavy atom. The zero-order valence-corrected chi connectivity index (χ0v) is 11.2. The van der Waals surface area contributed by atoms with Gasteiger partial charge in [0.15, 0.2) is 0 Å². The summed E-state index contributed by atoms with van der Waals surface area (Å²) in [6.45, 7) is 3.36. The first-order valence-electron chi connectivity index (χ1n) is 6.04. The first-order chi connectivity index (χ1) is 8.34. The van der Waals surface area contributed by atoms with Crippen LogP contribution >= 0.6 is 12.2 Å². The first kappa shape index (κ1) is 15.7. The van der Waals surface area contributed by atoms with Gasteiger partial charge in [-0.25, -0.2) is 0 Å². The highest BCUT2D eigenvalue weighted by Gasteiger charge is 2.42. The van der Waals surface area contributed by atoms with Crippen molar-refractivity contribution >= 4 is 17.2 Å². The fourth-order valence-electron chi connectivity index (χ4n) is 2.02. The summed E-state index contributed by atoms with van der Waals surface area (Å²) in [4.78, 5) is 1.21.